The molecule has 13 heteroatoms. The molecule has 1 saturated heterocycles. The van der Waals surface area contributed by atoms with Gasteiger partial charge in [0, 0.05) is 31.4 Å². The van der Waals surface area contributed by atoms with Gasteiger partial charge in [-0.2, -0.15) is 13.2 Å². The van der Waals surface area contributed by atoms with E-state index in [1.54, 1.807) is 44.1 Å². The summed E-state index contributed by atoms with van der Waals surface area (Å²) in [4.78, 5) is 40.8. The van der Waals surface area contributed by atoms with E-state index in [2.05, 4.69) is 9.97 Å². The van der Waals surface area contributed by atoms with Crippen LogP contribution in [0.3, 0.4) is 0 Å². The summed E-state index contributed by atoms with van der Waals surface area (Å²) >= 11 is 0. The van der Waals surface area contributed by atoms with Gasteiger partial charge in [0.2, 0.25) is 5.60 Å². The summed E-state index contributed by atoms with van der Waals surface area (Å²) in [5.74, 6) is -1.43. The molecule has 2 atom stereocenters. The molecule has 2 N–H and O–H groups in total. The first-order valence-corrected chi connectivity index (χ1v) is 13.3. The Hall–Kier alpha value is -3.71. The monoisotopic (exact) mass is 575 g/mol. The third-order valence-electron chi connectivity index (χ3n) is 7.30. The van der Waals surface area contributed by atoms with Crippen molar-refractivity contribution in [3.05, 3.63) is 47.3 Å². The van der Waals surface area contributed by atoms with E-state index in [9.17, 15) is 27.9 Å². The number of aromatic nitrogens is 3. The number of nitrogens with one attached hydrogen (secondary N) is 1. The molecule has 2 aliphatic heterocycles. The predicted octanol–water partition coefficient (Wildman–Crippen LogP) is 4.13. The van der Waals surface area contributed by atoms with Crippen LogP contribution < -0.4 is 0 Å². The molecule has 0 bridgehead atoms. The van der Waals surface area contributed by atoms with Gasteiger partial charge in [-0.3, -0.25) is 9.69 Å². The van der Waals surface area contributed by atoms with Crippen LogP contribution in [-0.4, -0.2) is 85.5 Å². The molecule has 2 aromatic heterocycles. The maximum absolute atomic E-state index is 13.5. The minimum atomic E-state index is -5.14. The van der Waals surface area contributed by atoms with Crippen LogP contribution in [-0.2, 0) is 27.2 Å². The van der Waals surface area contributed by atoms with Crippen LogP contribution >= 0.6 is 0 Å². The second kappa shape index (κ2) is 10.3. The van der Waals surface area contributed by atoms with Crippen molar-refractivity contribution in [3.63, 3.8) is 0 Å². The van der Waals surface area contributed by atoms with Gasteiger partial charge < -0.3 is 24.5 Å². The van der Waals surface area contributed by atoms with E-state index < -0.39 is 35.4 Å². The van der Waals surface area contributed by atoms with Crippen LogP contribution in [0.25, 0.3) is 22.4 Å². The number of carbonyl (C=O) groups excluding carboxylic acids is 2. The maximum atomic E-state index is 13.5. The molecule has 5 rings (SSSR count). The number of benzene rings is 1. The normalized spacial score (nSPS) is 19.6. The van der Waals surface area contributed by atoms with E-state index >= 15 is 0 Å². The lowest BCUT2D eigenvalue weighted by Crippen LogP contribution is -2.57. The molecular formula is C28H32F3N5O5. The molecule has 10 nitrogen and oxygen atoms in total. The Labute approximate surface area is 234 Å². The standard InChI is InChI=1S/C28H32F3N5O5/c1-26(2,3)41-25(38)36-9-10-40-15-22(36)18-12-17(21-13-33-23-20(34-21)5-7-32-23)11-16-6-8-35(14-19(16)18)24(37)27(4,39)28(29,30)31/h5,7,11-13,22,39H,6,8-10,14-15H2,1-4H3,(H,32,33)/t22-,27-/m0/s1. The van der Waals surface area contributed by atoms with Gasteiger partial charge in [0.15, 0.2) is 5.65 Å². The van der Waals surface area contributed by atoms with Crippen LogP contribution in [0.1, 0.15) is 50.4 Å². The van der Waals surface area contributed by atoms with Gasteiger partial charge in [-0.15, -0.1) is 0 Å². The molecule has 0 radical (unpaired) electrons. The number of amides is 2. The van der Waals surface area contributed by atoms with E-state index in [0.717, 1.165) is 10.5 Å². The maximum Gasteiger partial charge on any atom is 0.426 e. The summed E-state index contributed by atoms with van der Waals surface area (Å²) in [6.07, 6.45) is -2.12. The van der Waals surface area contributed by atoms with Crippen molar-refractivity contribution in [1.29, 1.82) is 0 Å². The van der Waals surface area contributed by atoms with E-state index in [-0.39, 0.29) is 39.3 Å². The van der Waals surface area contributed by atoms with Gasteiger partial charge >= 0.3 is 12.3 Å². The second-order valence-corrected chi connectivity index (χ2v) is 11.5. The van der Waals surface area contributed by atoms with Crippen molar-refractivity contribution < 1.29 is 37.3 Å². The number of nitrogens with zero attached hydrogens (tertiary/aromatic N) is 4. The predicted molar refractivity (Wildman–Crippen MR) is 142 cm³/mol. The number of hydrogen-bond donors (Lipinski definition) is 2. The minimum Gasteiger partial charge on any atom is -0.444 e. The average Bonchev–Trinajstić information content (AvgIpc) is 3.38. The summed E-state index contributed by atoms with van der Waals surface area (Å²) in [5.41, 5.74) is 0.232. The molecule has 1 fully saturated rings. The molecule has 2 amide bonds. The Morgan fingerprint density at radius 3 is 2.63 bits per heavy atom. The van der Waals surface area contributed by atoms with Crippen LogP contribution in [0.5, 0.6) is 0 Å². The topological polar surface area (TPSA) is 121 Å². The lowest BCUT2D eigenvalue weighted by Gasteiger charge is -2.40. The number of aromatic amines is 1. The largest absolute Gasteiger partial charge is 0.444 e. The minimum absolute atomic E-state index is 0.0274. The second-order valence-electron chi connectivity index (χ2n) is 11.5. The number of aliphatic hydroxyl groups is 1. The molecule has 1 aromatic carbocycles. The Kier molecular flexibility index (Phi) is 7.23. The van der Waals surface area contributed by atoms with Crippen molar-refractivity contribution in [2.45, 2.75) is 64.1 Å². The van der Waals surface area contributed by atoms with E-state index in [1.807, 2.05) is 12.1 Å². The molecule has 220 valence electrons. The van der Waals surface area contributed by atoms with Crippen molar-refractivity contribution in [3.8, 4) is 11.3 Å². The van der Waals surface area contributed by atoms with Crippen LogP contribution in [0.4, 0.5) is 18.0 Å². The highest BCUT2D eigenvalue weighted by Gasteiger charge is 2.57. The number of hydrogen-bond acceptors (Lipinski definition) is 7. The number of ether oxygens (including phenoxy) is 2. The van der Waals surface area contributed by atoms with Crippen LogP contribution in [0, 0.1) is 0 Å². The number of halogens is 3. The van der Waals surface area contributed by atoms with Crippen molar-refractivity contribution in [1.82, 2.24) is 24.8 Å². The zero-order valence-electron chi connectivity index (χ0n) is 23.2. The zero-order chi connectivity index (χ0) is 29.7. The lowest BCUT2D eigenvalue weighted by atomic mass is 9.87. The quantitative estimate of drug-likeness (QED) is 0.482. The number of fused-ring (bicyclic) bond motifs is 2. The van der Waals surface area contributed by atoms with Gasteiger partial charge in [0.25, 0.3) is 5.91 Å². The van der Waals surface area contributed by atoms with E-state index in [4.69, 9.17) is 14.5 Å². The molecule has 3 aromatic rings. The molecule has 41 heavy (non-hydrogen) atoms. The first kappa shape index (κ1) is 28.8. The smallest absolute Gasteiger partial charge is 0.426 e. The fourth-order valence-corrected chi connectivity index (χ4v) is 5.12. The molecular weight excluding hydrogens is 543 g/mol. The first-order valence-electron chi connectivity index (χ1n) is 13.3. The Balaban J connectivity index is 1.60. The van der Waals surface area contributed by atoms with E-state index in [1.165, 1.54) is 0 Å². The number of morpholine rings is 1. The summed E-state index contributed by atoms with van der Waals surface area (Å²) in [6.45, 7) is 6.16. The number of alkyl halides is 3. The van der Waals surface area contributed by atoms with Gasteiger partial charge in [-0.25, -0.2) is 14.8 Å². The Morgan fingerprint density at radius 1 is 1.17 bits per heavy atom. The molecule has 0 aliphatic carbocycles. The summed E-state index contributed by atoms with van der Waals surface area (Å²) in [6, 6.07) is 4.84. The van der Waals surface area contributed by atoms with Crippen molar-refractivity contribution in [2.24, 2.45) is 0 Å². The van der Waals surface area contributed by atoms with Crippen molar-refractivity contribution >= 4 is 23.2 Å². The lowest BCUT2D eigenvalue weighted by molar-refractivity contribution is -0.250. The summed E-state index contributed by atoms with van der Waals surface area (Å²) in [7, 11) is 0. The number of H-pyrrole nitrogens is 1. The van der Waals surface area contributed by atoms with Gasteiger partial charge in [-0.05, 0) is 69.0 Å². The Morgan fingerprint density at radius 2 is 1.93 bits per heavy atom. The molecule has 0 saturated carbocycles. The number of rotatable bonds is 3. The average molecular weight is 576 g/mol. The molecule has 4 heterocycles. The van der Waals surface area contributed by atoms with Gasteiger partial charge in [0.1, 0.15) is 11.1 Å². The number of carbonyl (C=O) groups is 2. The van der Waals surface area contributed by atoms with Crippen LogP contribution in [0.2, 0.25) is 0 Å². The fourth-order valence-electron chi connectivity index (χ4n) is 5.12. The first-order chi connectivity index (χ1) is 19.2. The zero-order valence-corrected chi connectivity index (χ0v) is 23.2. The highest BCUT2D eigenvalue weighted by atomic mass is 19.4. The Bertz CT molecular complexity index is 1480. The third-order valence-corrected chi connectivity index (χ3v) is 7.30. The molecule has 0 spiro atoms. The van der Waals surface area contributed by atoms with Crippen molar-refractivity contribution in [2.75, 3.05) is 26.3 Å². The highest BCUT2D eigenvalue weighted by molar-refractivity contribution is 5.86. The molecule has 0 unspecified atom stereocenters. The highest BCUT2D eigenvalue weighted by Crippen LogP contribution is 2.38. The van der Waals surface area contributed by atoms with Crippen LogP contribution in [0.15, 0.2) is 30.6 Å². The molecule has 2 aliphatic rings. The summed E-state index contributed by atoms with van der Waals surface area (Å²) in [5, 5.41) is 10.1. The fraction of sp³-hybridized carbons (Fsp3) is 0.500. The van der Waals surface area contributed by atoms with Gasteiger partial charge in [0.05, 0.1) is 31.1 Å². The summed E-state index contributed by atoms with van der Waals surface area (Å²) < 4.78 is 52.0. The third kappa shape index (κ3) is 5.60. The van der Waals surface area contributed by atoms with Gasteiger partial charge in [-0.1, -0.05) is 0 Å². The SMILES string of the molecule is CC(C)(C)OC(=O)N1CCOC[C@H]1c1cc(-c2cnc3[nH]ccc3n2)cc2c1CN(C(=O)[C@](C)(O)C(F)(F)F)CC2. The van der Waals surface area contributed by atoms with E-state index in [0.29, 0.717) is 40.5 Å².